The minimum atomic E-state index is 0.0188. The third-order valence-electron chi connectivity index (χ3n) is 4.03. The molecule has 0 unspecified atom stereocenters. The molecule has 0 radical (unpaired) electrons. The first-order valence-electron chi connectivity index (χ1n) is 7.23. The Balaban J connectivity index is 1.70. The summed E-state index contributed by atoms with van der Waals surface area (Å²) in [5.41, 5.74) is 6.34. The molecule has 1 N–H and O–H groups in total. The van der Waals surface area contributed by atoms with Crippen LogP contribution in [0, 0.1) is 0 Å². The molecule has 22 heavy (non-hydrogen) atoms. The van der Waals surface area contributed by atoms with Gasteiger partial charge in [-0.3, -0.25) is 9.78 Å². The quantitative estimate of drug-likeness (QED) is 0.781. The summed E-state index contributed by atoms with van der Waals surface area (Å²) in [6.07, 6.45) is 3.59. The zero-order valence-electron chi connectivity index (χ0n) is 11.9. The minimum absolute atomic E-state index is 0.0188. The number of pyridine rings is 1. The highest BCUT2D eigenvalue weighted by molar-refractivity contribution is 5.99. The van der Waals surface area contributed by atoms with Gasteiger partial charge in [-0.15, -0.1) is 0 Å². The van der Waals surface area contributed by atoms with Gasteiger partial charge in [0, 0.05) is 24.5 Å². The molecule has 0 fully saturated rings. The van der Waals surface area contributed by atoms with Crippen LogP contribution in [0.2, 0.25) is 0 Å². The van der Waals surface area contributed by atoms with Crippen LogP contribution in [0.25, 0.3) is 22.3 Å². The number of amides is 1. The fourth-order valence-corrected chi connectivity index (χ4v) is 2.79. The molecule has 0 bridgehead atoms. The molecule has 0 spiro atoms. The van der Waals surface area contributed by atoms with Crippen LogP contribution in [-0.4, -0.2) is 10.9 Å². The fourth-order valence-electron chi connectivity index (χ4n) is 2.79. The van der Waals surface area contributed by atoms with E-state index in [1.165, 1.54) is 0 Å². The third-order valence-corrected chi connectivity index (χ3v) is 4.03. The number of nitrogens with zero attached hydrogens (tertiary/aromatic N) is 1. The van der Waals surface area contributed by atoms with Gasteiger partial charge in [-0.25, -0.2) is 0 Å². The van der Waals surface area contributed by atoms with Gasteiger partial charge in [0.25, 0.3) is 5.91 Å². The highest BCUT2D eigenvalue weighted by atomic mass is 16.1. The summed E-state index contributed by atoms with van der Waals surface area (Å²) in [6, 6.07) is 18.4. The summed E-state index contributed by atoms with van der Waals surface area (Å²) in [6.45, 7) is 0.634. The number of fused-ring (bicyclic) bond motifs is 1. The zero-order chi connectivity index (χ0) is 14.9. The number of aromatic nitrogens is 1. The smallest absolute Gasteiger partial charge is 0.251 e. The predicted octanol–water partition coefficient (Wildman–Crippen LogP) is 3.66. The lowest BCUT2D eigenvalue weighted by molar-refractivity contribution is 0.0966. The summed E-state index contributed by atoms with van der Waals surface area (Å²) >= 11 is 0. The van der Waals surface area contributed by atoms with E-state index in [0.717, 1.165) is 33.4 Å². The average molecular weight is 286 g/mol. The highest BCUT2D eigenvalue weighted by Gasteiger charge is 2.18. The molecule has 1 aliphatic heterocycles. The number of hydrogen-bond donors (Lipinski definition) is 1. The van der Waals surface area contributed by atoms with E-state index in [-0.39, 0.29) is 5.91 Å². The fraction of sp³-hybridized carbons (Fsp3) is 0.0526. The lowest BCUT2D eigenvalue weighted by atomic mass is 9.98. The molecule has 3 heteroatoms. The number of carbonyl (C=O) groups excluding carboxylic acids is 1. The van der Waals surface area contributed by atoms with E-state index in [9.17, 15) is 4.79 Å². The van der Waals surface area contributed by atoms with Crippen molar-refractivity contribution in [1.82, 2.24) is 10.3 Å². The molecule has 3 nitrogen and oxygen atoms in total. The number of nitrogens with one attached hydrogen (secondary N) is 1. The molecule has 106 valence electrons. The molecule has 4 rings (SSSR count). The number of rotatable bonds is 2. The van der Waals surface area contributed by atoms with E-state index in [1.54, 1.807) is 12.4 Å². The van der Waals surface area contributed by atoms with Gasteiger partial charge < -0.3 is 5.32 Å². The first kappa shape index (κ1) is 12.8. The van der Waals surface area contributed by atoms with Gasteiger partial charge in [0.1, 0.15) is 0 Å². The lowest BCUT2D eigenvalue weighted by Gasteiger charge is -2.06. The van der Waals surface area contributed by atoms with Gasteiger partial charge in [0.15, 0.2) is 0 Å². The number of benzene rings is 2. The van der Waals surface area contributed by atoms with Crippen molar-refractivity contribution in [2.75, 3.05) is 0 Å². The van der Waals surface area contributed by atoms with E-state index >= 15 is 0 Å². The second kappa shape index (κ2) is 5.11. The van der Waals surface area contributed by atoms with Crippen LogP contribution in [0.5, 0.6) is 0 Å². The summed E-state index contributed by atoms with van der Waals surface area (Å²) in [7, 11) is 0. The maximum Gasteiger partial charge on any atom is 0.251 e. The van der Waals surface area contributed by atoms with E-state index in [0.29, 0.717) is 6.54 Å². The van der Waals surface area contributed by atoms with Crippen LogP contribution >= 0.6 is 0 Å². The Labute approximate surface area is 128 Å². The second-order valence-corrected chi connectivity index (χ2v) is 5.37. The van der Waals surface area contributed by atoms with Crippen molar-refractivity contribution < 1.29 is 4.79 Å². The maximum atomic E-state index is 11.8. The summed E-state index contributed by atoms with van der Waals surface area (Å²) < 4.78 is 0. The molecule has 0 saturated carbocycles. The topological polar surface area (TPSA) is 42.0 Å². The van der Waals surface area contributed by atoms with Gasteiger partial charge >= 0.3 is 0 Å². The standard InChI is InChI=1S/C19H14N2O/c22-19-18-11-16(5-6-17(18)12-21-19)14-3-1-13(2-4-14)15-7-9-20-10-8-15/h1-11H,12H2,(H,21,22). The van der Waals surface area contributed by atoms with E-state index in [4.69, 9.17) is 0 Å². The Morgan fingerprint density at radius 2 is 1.36 bits per heavy atom. The molecule has 1 aliphatic rings. The Morgan fingerprint density at radius 3 is 2.09 bits per heavy atom. The van der Waals surface area contributed by atoms with Gasteiger partial charge in [-0.1, -0.05) is 36.4 Å². The summed E-state index contributed by atoms with van der Waals surface area (Å²) in [4.78, 5) is 15.8. The van der Waals surface area contributed by atoms with Crippen molar-refractivity contribution in [3.63, 3.8) is 0 Å². The maximum absolute atomic E-state index is 11.8. The van der Waals surface area contributed by atoms with Crippen molar-refractivity contribution in [3.05, 3.63) is 78.1 Å². The van der Waals surface area contributed by atoms with Crippen LogP contribution in [0.15, 0.2) is 67.0 Å². The predicted molar refractivity (Wildman–Crippen MR) is 86.3 cm³/mol. The zero-order valence-corrected chi connectivity index (χ0v) is 11.9. The Kier molecular flexibility index (Phi) is 2.97. The molecule has 0 aliphatic carbocycles. The van der Waals surface area contributed by atoms with Crippen LogP contribution in [0.4, 0.5) is 0 Å². The summed E-state index contributed by atoms with van der Waals surface area (Å²) in [5.74, 6) is 0.0188. The first-order valence-corrected chi connectivity index (χ1v) is 7.23. The lowest BCUT2D eigenvalue weighted by Crippen LogP contribution is -2.12. The molecule has 1 aromatic heterocycles. The van der Waals surface area contributed by atoms with Gasteiger partial charge in [0.2, 0.25) is 0 Å². The van der Waals surface area contributed by atoms with Gasteiger partial charge in [0.05, 0.1) is 0 Å². The van der Waals surface area contributed by atoms with E-state index < -0.39 is 0 Å². The monoisotopic (exact) mass is 286 g/mol. The van der Waals surface area contributed by atoms with Crippen LogP contribution in [-0.2, 0) is 6.54 Å². The Bertz CT molecular complexity index is 839. The molecular formula is C19H14N2O. The van der Waals surface area contributed by atoms with Crippen LogP contribution < -0.4 is 5.32 Å². The second-order valence-electron chi connectivity index (χ2n) is 5.37. The molecule has 1 amide bonds. The molecule has 0 atom stereocenters. The molecule has 0 saturated heterocycles. The molecule has 2 aromatic carbocycles. The van der Waals surface area contributed by atoms with Crippen molar-refractivity contribution in [1.29, 1.82) is 0 Å². The minimum Gasteiger partial charge on any atom is -0.348 e. The molecule has 2 heterocycles. The highest BCUT2D eigenvalue weighted by Crippen LogP contribution is 2.27. The van der Waals surface area contributed by atoms with Crippen molar-refractivity contribution in [2.24, 2.45) is 0 Å². The Hall–Kier alpha value is -2.94. The largest absolute Gasteiger partial charge is 0.348 e. The molecule has 3 aromatic rings. The summed E-state index contributed by atoms with van der Waals surface area (Å²) in [5, 5.41) is 2.85. The normalized spacial score (nSPS) is 12.8. The first-order chi connectivity index (χ1) is 10.8. The van der Waals surface area contributed by atoms with Crippen LogP contribution in [0.3, 0.4) is 0 Å². The third kappa shape index (κ3) is 2.17. The van der Waals surface area contributed by atoms with Gasteiger partial charge in [-0.05, 0) is 46.0 Å². The van der Waals surface area contributed by atoms with Crippen molar-refractivity contribution in [2.45, 2.75) is 6.54 Å². The van der Waals surface area contributed by atoms with E-state index in [1.807, 2.05) is 24.3 Å². The van der Waals surface area contributed by atoms with Crippen molar-refractivity contribution in [3.8, 4) is 22.3 Å². The van der Waals surface area contributed by atoms with Crippen LogP contribution in [0.1, 0.15) is 15.9 Å². The van der Waals surface area contributed by atoms with Gasteiger partial charge in [-0.2, -0.15) is 0 Å². The average Bonchev–Trinajstić information content (AvgIpc) is 2.96. The SMILES string of the molecule is O=C1NCc2ccc(-c3ccc(-c4ccncc4)cc3)cc21. The Morgan fingerprint density at radius 1 is 0.773 bits per heavy atom. The molecular weight excluding hydrogens is 272 g/mol. The number of hydrogen-bond acceptors (Lipinski definition) is 2. The van der Waals surface area contributed by atoms with E-state index in [2.05, 4.69) is 40.6 Å². The van der Waals surface area contributed by atoms with Crippen molar-refractivity contribution >= 4 is 5.91 Å². The number of carbonyl (C=O) groups is 1.